The Labute approximate surface area is 122 Å². The van der Waals surface area contributed by atoms with E-state index in [0.717, 1.165) is 11.3 Å². The van der Waals surface area contributed by atoms with Gasteiger partial charge in [0.25, 0.3) is 11.5 Å². The first-order valence-electron chi connectivity index (χ1n) is 5.95. The molecule has 0 saturated carbocycles. The predicted molar refractivity (Wildman–Crippen MR) is 78.2 cm³/mol. The molecule has 0 aliphatic carbocycles. The molecule has 0 aliphatic heterocycles. The molecule has 3 rings (SSSR count). The van der Waals surface area contributed by atoms with Crippen molar-refractivity contribution in [3.63, 3.8) is 0 Å². The molecule has 0 saturated heterocycles. The van der Waals surface area contributed by atoms with Gasteiger partial charge in [-0.1, -0.05) is 0 Å². The number of nitrogens with one attached hydrogen (secondary N) is 2. The normalized spacial score (nSPS) is 10.3. The molecular weight excluding hydrogens is 290 g/mol. The van der Waals surface area contributed by atoms with Gasteiger partial charge in [0.05, 0.1) is 5.69 Å². The van der Waals surface area contributed by atoms with Gasteiger partial charge in [-0.2, -0.15) is 5.10 Å². The topological polar surface area (TPSA) is 101 Å². The summed E-state index contributed by atoms with van der Waals surface area (Å²) < 4.78 is 0. The van der Waals surface area contributed by atoms with E-state index in [1.807, 2.05) is 17.5 Å². The fourth-order valence-corrected chi connectivity index (χ4v) is 2.32. The molecule has 3 heterocycles. The summed E-state index contributed by atoms with van der Waals surface area (Å²) in [5.74, 6) is -0.432. The summed E-state index contributed by atoms with van der Waals surface area (Å²) in [5, 5.41) is 10.8. The minimum Gasteiger partial charge on any atom is -0.296 e. The van der Waals surface area contributed by atoms with E-state index in [9.17, 15) is 9.59 Å². The van der Waals surface area contributed by atoms with Crippen molar-refractivity contribution >= 4 is 22.4 Å². The highest BCUT2D eigenvalue weighted by Crippen LogP contribution is 2.24. The minimum atomic E-state index is -0.432. The molecule has 0 spiro atoms. The van der Waals surface area contributed by atoms with E-state index in [0.29, 0.717) is 5.13 Å². The zero-order valence-electron chi connectivity index (χ0n) is 10.6. The summed E-state index contributed by atoms with van der Waals surface area (Å²) in [5.41, 5.74) is 1.36. The van der Waals surface area contributed by atoms with Gasteiger partial charge < -0.3 is 0 Å². The van der Waals surface area contributed by atoms with Crippen LogP contribution in [0.1, 0.15) is 10.5 Å². The van der Waals surface area contributed by atoms with Gasteiger partial charge in [0.2, 0.25) is 0 Å². The van der Waals surface area contributed by atoms with Crippen LogP contribution in [0, 0.1) is 0 Å². The quantitative estimate of drug-likeness (QED) is 0.764. The van der Waals surface area contributed by atoms with Crippen molar-refractivity contribution in [2.75, 3.05) is 5.32 Å². The molecule has 0 atom stereocenters. The highest BCUT2D eigenvalue weighted by molar-refractivity contribution is 7.14. The first kappa shape index (κ1) is 13.1. The maximum Gasteiger partial charge on any atom is 0.277 e. The summed E-state index contributed by atoms with van der Waals surface area (Å²) in [6.07, 6.45) is 3.38. The minimum absolute atomic E-state index is 0.118. The fourth-order valence-electron chi connectivity index (χ4n) is 1.61. The van der Waals surface area contributed by atoms with Crippen molar-refractivity contribution in [1.29, 1.82) is 0 Å². The molecule has 3 aromatic rings. The molecule has 2 N–H and O–H groups in total. The number of thiazole rings is 1. The van der Waals surface area contributed by atoms with Crippen molar-refractivity contribution < 1.29 is 4.79 Å². The third-order valence-corrected chi connectivity index (χ3v) is 3.35. The lowest BCUT2D eigenvalue weighted by atomic mass is 10.2. The van der Waals surface area contributed by atoms with Gasteiger partial charge in [-0.05, 0) is 18.2 Å². The Morgan fingerprint density at radius 2 is 2.19 bits per heavy atom. The summed E-state index contributed by atoms with van der Waals surface area (Å²) >= 11 is 1.30. The van der Waals surface area contributed by atoms with E-state index in [2.05, 4.69) is 25.5 Å². The number of amides is 1. The largest absolute Gasteiger partial charge is 0.296 e. The second-order valence-electron chi connectivity index (χ2n) is 4.04. The van der Waals surface area contributed by atoms with E-state index in [4.69, 9.17) is 0 Å². The number of anilines is 1. The number of nitrogens with zero attached hydrogens (tertiary/aromatic N) is 3. The first-order chi connectivity index (χ1) is 10.2. The molecule has 0 bridgehead atoms. The van der Waals surface area contributed by atoms with Gasteiger partial charge in [0.1, 0.15) is 5.69 Å². The van der Waals surface area contributed by atoms with Crippen LogP contribution in [0.3, 0.4) is 0 Å². The fraction of sp³-hybridized carbons (Fsp3) is 0. The van der Waals surface area contributed by atoms with Gasteiger partial charge in [-0.15, -0.1) is 11.3 Å². The van der Waals surface area contributed by atoms with Crippen LogP contribution in [0.4, 0.5) is 5.13 Å². The number of aromatic amines is 1. The molecule has 3 aromatic heterocycles. The lowest BCUT2D eigenvalue weighted by Gasteiger charge is -1.99. The second kappa shape index (κ2) is 5.63. The Morgan fingerprint density at radius 3 is 2.90 bits per heavy atom. The molecular formula is C13H9N5O2S. The van der Waals surface area contributed by atoms with Crippen LogP contribution >= 0.6 is 11.3 Å². The van der Waals surface area contributed by atoms with Crippen molar-refractivity contribution in [3.05, 3.63) is 58.1 Å². The molecule has 21 heavy (non-hydrogen) atoms. The molecule has 0 unspecified atom stereocenters. The van der Waals surface area contributed by atoms with Gasteiger partial charge in [0, 0.05) is 29.4 Å². The Morgan fingerprint density at radius 1 is 1.29 bits per heavy atom. The maximum absolute atomic E-state index is 11.9. The van der Waals surface area contributed by atoms with Crippen LogP contribution in [-0.4, -0.2) is 26.1 Å². The van der Waals surface area contributed by atoms with Crippen molar-refractivity contribution in [1.82, 2.24) is 20.2 Å². The Hall–Kier alpha value is -2.87. The number of rotatable bonds is 3. The van der Waals surface area contributed by atoms with Gasteiger partial charge in [-0.25, -0.2) is 10.1 Å². The first-order valence-corrected chi connectivity index (χ1v) is 6.83. The molecule has 0 radical (unpaired) electrons. The van der Waals surface area contributed by atoms with Crippen molar-refractivity contribution in [2.24, 2.45) is 0 Å². The predicted octanol–water partition coefficient (Wildman–Crippen LogP) is 1.54. The van der Waals surface area contributed by atoms with Crippen molar-refractivity contribution in [2.45, 2.75) is 0 Å². The SMILES string of the molecule is O=C(Nc1nc(-c2cccnc2)cs1)c1ccc(=O)[nH]n1. The monoisotopic (exact) mass is 299 g/mol. The molecule has 1 amide bonds. The standard InChI is InChI=1S/C13H9N5O2S/c19-11-4-3-9(17-18-11)12(20)16-13-15-10(7-21-13)8-2-1-5-14-6-8/h1-7H,(H,18,19)(H,15,16,20). The average molecular weight is 299 g/mol. The number of pyridine rings is 1. The van der Waals surface area contributed by atoms with Crippen LogP contribution in [0.2, 0.25) is 0 Å². The summed E-state index contributed by atoms with van der Waals surface area (Å²) in [4.78, 5) is 31.2. The van der Waals surface area contributed by atoms with E-state index in [-0.39, 0.29) is 11.3 Å². The second-order valence-corrected chi connectivity index (χ2v) is 4.90. The molecule has 0 aliphatic rings. The third-order valence-electron chi connectivity index (χ3n) is 2.59. The molecule has 0 fully saturated rings. The van der Waals surface area contributed by atoms with Gasteiger partial charge in [0.15, 0.2) is 5.13 Å². The average Bonchev–Trinajstić information content (AvgIpc) is 2.97. The number of hydrogen-bond donors (Lipinski definition) is 2. The number of H-pyrrole nitrogens is 1. The highest BCUT2D eigenvalue weighted by Gasteiger charge is 2.11. The van der Waals surface area contributed by atoms with Crippen molar-refractivity contribution in [3.8, 4) is 11.3 Å². The zero-order valence-corrected chi connectivity index (χ0v) is 11.4. The Bertz CT molecular complexity index is 807. The lowest BCUT2D eigenvalue weighted by molar-refractivity contribution is 0.102. The number of hydrogen-bond acceptors (Lipinski definition) is 6. The number of carbonyl (C=O) groups is 1. The molecule has 8 heteroatoms. The van der Waals surface area contributed by atoms with Gasteiger partial charge in [-0.3, -0.25) is 19.9 Å². The van der Waals surface area contributed by atoms with Crippen LogP contribution in [0.15, 0.2) is 46.8 Å². The van der Waals surface area contributed by atoms with Gasteiger partial charge >= 0.3 is 0 Å². The summed E-state index contributed by atoms with van der Waals surface area (Å²) in [6, 6.07) is 6.29. The highest BCUT2D eigenvalue weighted by atomic mass is 32.1. The summed E-state index contributed by atoms with van der Waals surface area (Å²) in [6.45, 7) is 0. The van der Waals surface area contributed by atoms with E-state index < -0.39 is 5.91 Å². The smallest absolute Gasteiger partial charge is 0.277 e. The lowest BCUT2D eigenvalue weighted by Crippen LogP contribution is -2.17. The molecule has 104 valence electrons. The summed E-state index contributed by atoms with van der Waals surface area (Å²) in [7, 11) is 0. The maximum atomic E-state index is 11.9. The Balaban J connectivity index is 1.77. The molecule has 0 aromatic carbocycles. The van der Waals surface area contributed by atoms with E-state index >= 15 is 0 Å². The van der Waals surface area contributed by atoms with Crippen LogP contribution in [0.25, 0.3) is 11.3 Å². The van der Waals surface area contributed by atoms with Crippen LogP contribution in [-0.2, 0) is 0 Å². The van der Waals surface area contributed by atoms with Crippen LogP contribution < -0.4 is 10.9 Å². The Kier molecular flexibility index (Phi) is 3.52. The molecule has 7 nitrogen and oxygen atoms in total. The van der Waals surface area contributed by atoms with E-state index in [1.165, 1.54) is 23.5 Å². The van der Waals surface area contributed by atoms with Crippen LogP contribution in [0.5, 0.6) is 0 Å². The third kappa shape index (κ3) is 3.00. The number of carbonyl (C=O) groups excluding carboxylic acids is 1. The number of aromatic nitrogens is 4. The zero-order chi connectivity index (χ0) is 14.7. The van der Waals surface area contributed by atoms with E-state index in [1.54, 1.807) is 12.4 Å².